The molecule has 2 aromatic rings. The van der Waals surface area contributed by atoms with Crippen LogP contribution >= 0.6 is 0 Å². The number of nitrogens with zero attached hydrogens (tertiary/aromatic N) is 1. The van der Waals surface area contributed by atoms with Crippen LogP contribution in [0, 0.1) is 0 Å². The van der Waals surface area contributed by atoms with Crippen LogP contribution in [-0.2, 0) is 16.0 Å². The van der Waals surface area contributed by atoms with Gasteiger partial charge in [-0.2, -0.15) is 0 Å². The van der Waals surface area contributed by atoms with Gasteiger partial charge in [-0.1, -0.05) is 55.1 Å². The Labute approximate surface area is 159 Å². The van der Waals surface area contributed by atoms with Crippen LogP contribution in [0.2, 0.25) is 0 Å². The van der Waals surface area contributed by atoms with Gasteiger partial charge >= 0.3 is 0 Å². The third kappa shape index (κ3) is 4.05. The van der Waals surface area contributed by atoms with Gasteiger partial charge in [-0.05, 0) is 31.4 Å². The first kappa shape index (κ1) is 18.8. The number of aryl methyl sites for hydroxylation is 1. The molecule has 1 heterocycles. The van der Waals surface area contributed by atoms with Crippen LogP contribution in [0.4, 0.5) is 0 Å². The molecule has 0 aliphatic carbocycles. The van der Waals surface area contributed by atoms with Crippen LogP contribution in [0.25, 0.3) is 5.70 Å². The second kappa shape index (κ2) is 8.12. The van der Waals surface area contributed by atoms with E-state index in [4.69, 9.17) is 0 Å². The summed E-state index contributed by atoms with van der Waals surface area (Å²) in [5.74, 6) is -0.245. The molecule has 1 aliphatic rings. The summed E-state index contributed by atoms with van der Waals surface area (Å²) in [5.41, 5.74) is 2.93. The van der Waals surface area contributed by atoms with Crippen LogP contribution in [0.5, 0.6) is 0 Å². The number of rotatable bonds is 8. The number of hydrogen-bond donors (Lipinski definition) is 0. The third-order valence-electron chi connectivity index (χ3n) is 4.93. The lowest BCUT2D eigenvalue weighted by Crippen LogP contribution is -2.41. The monoisotopic (exact) mass is 361 g/mol. The molecule has 4 heteroatoms. The molecular formula is C23H23NO3. The van der Waals surface area contributed by atoms with E-state index in [1.54, 1.807) is 12.1 Å². The first-order chi connectivity index (χ1) is 13.0. The van der Waals surface area contributed by atoms with Crippen molar-refractivity contribution in [2.45, 2.75) is 38.6 Å². The van der Waals surface area contributed by atoms with Crippen molar-refractivity contribution in [3.8, 4) is 0 Å². The minimum atomic E-state index is -0.662. The second-order valence-corrected chi connectivity index (χ2v) is 6.88. The van der Waals surface area contributed by atoms with Crippen molar-refractivity contribution in [1.29, 1.82) is 0 Å². The van der Waals surface area contributed by atoms with Crippen LogP contribution in [0.1, 0.15) is 47.7 Å². The van der Waals surface area contributed by atoms with Gasteiger partial charge in [0.25, 0.3) is 5.91 Å². The van der Waals surface area contributed by atoms with E-state index in [1.165, 1.54) is 11.8 Å². The number of fused-ring (bicyclic) bond motifs is 1. The molecular weight excluding hydrogens is 338 g/mol. The maximum atomic E-state index is 13.0. The summed E-state index contributed by atoms with van der Waals surface area (Å²) in [6.07, 6.45) is 1.51. The Hall–Kier alpha value is -3.01. The summed E-state index contributed by atoms with van der Waals surface area (Å²) >= 11 is 0. The number of ketones is 2. The van der Waals surface area contributed by atoms with Gasteiger partial charge in [0, 0.05) is 29.7 Å². The molecule has 27 heavy (non-hydrogen) atoms. The molecule has 1 amide bonds. The molecule has 0 saturated carbocycles. The second-order valence-electron chi connectivity index (χ2n) is 6.88. The third-order valence-corrected chi connectivity index (χ3v) is 4.93. The number of benzene rings is 2. The van der Waals surface area contributed by atoms with E-state index < -0.39 is 6.04 Å². The topological polar surface area (TPSA) is 54.5 Å². The average molecular weight is 361 g/mol. The van der Waals surface area contributed by atoms with Crippen molar-refractivity contribution in [2.24, 2.45) is 0 Å². The molecule has 0 saturated heterocycles. The molecule has 4 nitrogen and oxygen atoms in total. The maximum absolute atomic E-state index is 13.0. The van der Waals surface area contributed by atoms with Crippen molar-refractivity contribution < 1.29 is 14.4 Å². The normalized spacial score (nSPS) is 14.2. The van der Waals surface area contributed by atoms with E-state index >= 15 is 0 Å². The molecule has 0 fully saturated rings. The molecule has 3 rings (SSSR count). The lowest BCUT2D eigenvalue weighted by atomic mass is 9.97. The molecule has 0 spiro atoms. The molecule has 0 N–H and O–H groups in total. The van der Waals surface area contributed by atoms with Gasteiger partial charge in [-0.25, -0.2) is 0 Å². The molecule has 0 radical (unpaired) electrons. The van der Waals surface area contributed by atoms with E-state index in [0.717, 1.165) is 11.1 Å². The summed E-state index contributed by atoms with van der Waals surface area (Å²) in [6.45, 7) is 5.54. The van der Waals surface area contributed by atoms with Crippen molar-refractivity contribution in [3.63, 3.8) is 0 Å². The van der Waals surface area contributed by atoms with Crippen LogP contribution < -0.4 is 0 Å². The highest BCUT2D eigenvalue weighted by molar-refractivity contribution is 6.11. The lowest BCUT2D eigenvalue weighted by molar-refractivity contribution is -0.123. The smallest absolute Gasteiger partial charge is 0.259 e. The van der Waals surface area contributed by atoms with Gasteiger partial charge in [-0.15, -0.1) is 0 Å². The fourth-order valence-corrected chi connectivity index (χ4v) is 3.49. The van der Waals surface area contributed by atoms with E-state index in [0.29, 0.717) is 30.5 Å². The number of carbonyl (C=O) groups is 3. The zero-order valence-electron chi connectivity index (χ0n) is 15.5. The van der Waals surface area contributed by atoms with E-state index in [1.807, 2.05) is 42.5 Å². The number of Topliss-reactive ketones (excluding diaryl/α,β-unsaturated/α-hetero) is 2. The predicted octanol–water partition coefficient (Wildman–Crippen LogP) is 4.05. The quantitative estimate of drug-likeness (QED) is 0.713. The Morgan fingerprint density at radius 3 is 2.22 bits per heavy atom. The molecule has 1 atom stereocenters. The largest absolute Gasteiger partial charge is 0.300 e. The van der Waals surface area contributed by atoms with Crippen LogP contribution in [0.15, 0.2) is 61.2 Å². The number of hydrogen-bond acceptors (Lipinski definition) is 3. The Bertz CT molecular complexity index is 851. The molecule has 0 bridgehead atoms. The van der Waals surface area contributed by atoms with E-state index in [9.17, 15) is 14.4 Å². The van der Waals surface area contributed by atoms with Gasteiger partial charge in [0.05, 0.1) is 6.04 Å². The highest BCUT2D eigenvalue weighted by Gasteiger charge is 2.38. The first-order valence-corrected chi connectivity index (χ1v) is 9.17. The average Bonchev–Trinajstić information content (AvgIpc) is 2.92. The predicted molar refractivity (Wildman–Crippen MR) is 105 cm³/mol. The SMILES string of the molecule is C=C1c2ccccc2C(=O)N1C(CCC(C)=O)C(=O)CCc1ccccc1. The van der Waals surface area contributed by atoms with Gasteiger partial charge in [0.1, 0.15) is 5.78 Å². The minimum absolute atomic E-state index is 0.00521. The van der Waals surface area contributed by atoms with Gasteiger partial charge in [-0.3, -0.25) is 14.5 Å². The van der Waals surface area contributed by atoms with Gasteiger partial charge < -0.3 is 4.79 Å². The Kier molecular flexibility index (Phi) is 5.65. The van der Waals surface area contributed by atoms with E-state index in [2.05, 4.69) is 6.58 Å². The van der Waals surface area contributed by atoms with Gasteiger partial charge in [0.15, 0.2) is 5.78 Å². The molecule has 1 aliphatic heterocycles. The van der Waals surface area contributed by atoms with Crippen molar-refractivity contribution in [1.82, 2.24) is 4.90 Å². The highest BCUT2D eigenvalue weighted by atomic mass is 16.2. The number of carbonyl (C=O) groups excluding carboxylic acids is 3. The first-order valence-electron chi connectivity index (χ1n) is 9.17. The van der Waals surface area contributed by atoms with Crippen molar-refractivity contribution in [3.05, 3.63) is 77.9 Å². The fraction of sp³-hybridized carbons (Fsp3) is 0.261. The standard InChI is InChI=1S/C23H23NO3/c1-16(25)12-14-21(22(26)15-13-18-8-4-3-5-9-18)24-17(2)19-10-6-7-11-20(19)23(24)27/h3-11,21H,2,12-15H2,1H3. The summed E-state index contributed by atoms with van der Waals surface area (Å²) in [6, 6.07) is 16.4. The molecule has 138 valence electrons. The minimum Gasteiger partial charge on any atom is -0.300 e. The lowest BCUT2D eigenvalue weighted by Gasteiger charge is -2.27. The zero-order valence-corrected chi connectivity index (χ0v) is 15.5. The van der Waals surface area contributed by atoms with Crippen molar-refractivity contribution >= 4 is 23.2 Å². The Morgan fingerprint density at radius 2 is 1.59 bits per heavy atom. The fourth-order valence-electron chi connectivity index (χ4n) is 3.49. The summed E-state index contributed by atoms with van der Waals surface area (Å²) in [4.78, 5) is 38.9. The Morgan fingerprint density at radius 1 is 0.963 bits per heavy atom. The zero-order chi connectivity index (χ0) is 19.4. The molecule has 2 aromatic carbocycles. The maximum Gasteiger partial charge on any atom is 0.259 e. The molecule has 1 unspecified atom stereocenters. The molecule has 0 aromatic heterocycles. The van der Waals surface area contributed by atoms with E-state index in [-0.39, 0.29) is 23.9 Å². The van der Waals surface area contributed by atoms with Gasteiger partial charge in [0.2, 0.25) is 0 Å². The summed E-state index contributed by atoms with van der Waals surface area (Å²) < 4.78 is 0. The highest BCUT2D eigenvalue weighted by Crippen LogP contribution is 2.34. The Balaban J connectivity index is 1.81. The van der Waals surface area contributed by atoms with Crippen LogP contribution in [0.3, 0.4) is 0 Å². The summed E-state index contributed by atoms with van der Waals surface area (Å²) in [5, 5.41) is 0. The summed E-state index contributed by atoms with van der Waals surface area (Å²) in [7, 11) is 0. The van der Waals surface area contributed by atoms with Crippen LogP contribution in [-0.4, -0.2) is 28.4 Å². The number of amides is 1. The van der Waals surface area contributed by atoms with Crippen molar-refractivity contribution in [2.75, 3.05) is 0 Å².